The zero-order chi connectivity index (χ0) is 15.7. The molecule has 0 N–H and O–H groups in total. The third kappa shape index (κ3) is 6.12. The van der Waals surface area contributed by atoms with E-state index in [0.29, 0.717) is 17.9 Å². The molecule has 0 bridgehead atoms. The largest absolute Gasteiger partial charge is 0.493 e. The summed E-state index contributed by atoms with van der Waals surface area (Å²) in [6.07, 6.45) is 4.75. The van der Waals surface area contributed by atoms with Gasteiger partial charge in [-0.05, 0) is 30.2 Å². The first-order valence-corrected chi connectivity index (χ1v) is 6.75. The molecule has 0 atom stereocenters. The monoisotopic (exact) mass is 292 g/mol. The van der Waals surface area contributed by atoms with E-state index in [2.05, 4.69) is 0 Å². The smallest absolute Gasteiger partial charge is 0.308 e. The summed E-state index contributed by atoms with van der Waals surface area (Å²) in [5.41, 5.74) is 0.856. The van der Waals surface area contributed by atoms with Crippen molar-refractivity contribution in [2.45, 2.75) is 26.7 Å². The van der Waals surface area contributed by atoms with Gasteiger partial charge in [-0.1, -0.05) is 19.1 Å². The van der Waals surface area contributed by atoms with Gasteiger partial charge in [0.2, 0.25) is 0 Å². The van der Waals surface area contributed by atoms with Crippen LogP contribution in [0, 0.1) is 0 Å². The van der Waals surface area contributed by atoms with Crippen LogP contribution in [0.3, 0.4) is 0 Å². The summed E-state index contributed by atoms with van der Waals surface area (Å²) in [5.74, 6) is 0.233. The number of esters is 2. The van der Waals surface area contributed by atoms with Gasteiger partial charge in [0, 0.05) is 13.3 Å². The highest BCUT2D eigenvalue weighted by Gasteiger charge is 2.06. The highest BCUT2D eigenvalue weighted by Crippen LogP contribution is 2.28. The molecular formula is C16H20O5. The van der Waals surface area contributed by atoms with Gasteiger partial charge < -0.3 is 14.2 Å². The van der Waals surface area contributed by atoms with Crippen LogP contribution in [0.2, 0.25) is 0 Å². The molecule has 21 heavy (non-hydrogen) atoms. The van der Waals surface area contributed by atoms with Gasteiger partial charge in [-0.3, -0.25) is 9.59 Å². The normalized spacial score (nSPS) is 10.4. The van der Waals surface area contributed by atoms with Crippen LogP contribution in [0.4, 0.5) is 0 Å². The van der Waals surface area contributed by atoms with Crippen molar-refractivity contribution >= 4 is 18.0 Å². The zero-order valence-electron chi connectivity index (χ0n) is 12.5. The molecule has 0 unspecified atom stereocenters. The van der Waals surface area contributed by atoms with Crippen molar-refractivity contribution in [3.63, 3.8) is 0 Å². The zero-order valence-corrected chi connectivity index (χ0v) is 12.5. The number of rotatable bonds is 7. The van der Waals surface area contributed by atoms with Crippen LogP contribution >= 0.6 is 0 Å². The highest BCUT2D eigenvalue weighted by molar-refractivity contribution is 5.71. The SMILES string of the molecule is CCCC(=O)OC/C=C/c1ccc(OC(C)=O)c(OC)c1. The Balaban J connectivity index is 2.63. The summed E-state index contributed by atoms with van der Waals surface area (Å²) >= 11 is 0. The predicted molar refractivity (Wildman–Crippen MR) is 79.2 cm³/mol. The lowest BCUT2D eigenvalue weighted by atomic mass is 10.2. The summed E-state index contributed by atoms with van der Waals surface area (Å²) in [6.45, 7) is 3.48. The Morgan fingerprint density at radius 1 is 1.24 bits per heavy atom. The number of carbonyl (C=O) groups is 2. The third-order valence-corrected chi connectivity index (χ3v) is 2.55. The number of methoxy groups -OCH3 is 1. The Kier molecular flexibility index (Phi) is 7.01. The first-order valence-electron chi connectivity index (χ1n) is 6.75. The quantitative estimate of drug-likeness (QED) is 0.571. The minimum atomic E-state index is -0.403. The summed E-state index contributed by atoms with van der Waals surface area (Å²) in [6, 6.07) is 5.18. The fourth-order valence-corrected chi connectivity index (χ4v) is 1.63. The van der Waals surface area contributed by atoms with Crippen molar-refractivity contribution in [2.75, 3.05) is 13.7 Å². The molecule has 1 rings (SSSR count). The third-order valence-electron chi connectivity index (χ3n) is 2.55. The maximum absolute atomic E-state index is 11.2. The maximum atomic E-state index is 11.2. The summed E-state index contributed by atoms with van der Waals surface area (Å²) in [7, 11) is 1.50. The number of benzene rings is 1. The van der Waals surface area contributed by atoms with Gasteiger partial charge in [0.15, 0.2) is 11.5 Å². The minimum Gasteiger partial charge on any atom is -0.493 e. The molecule has 5 nitrogen and oxygen atoms in total. The fourth-order valence-electron chi connectivity index (χ4n) is 1.63. The number of hydrogen-bond acceptors (Lipinski definition) is 5. The average molecular weight is 292 g/mol. The lowest BCUT2D eigenvalue weighted by Crippen LogP contribution is -2.03. The highest BCUT2D eigenvalue weighted by atomic mass is 16.6. The molecule has 0 saturated carbocycles. The summed E-state index contributed by atoms with van der Waals surface area (Å²) in [4.78, 5) is 22.1. The van der Waals surface area contributed by atoms with Crippen molar-refractivity contribution in [2.24, 2.45) is 0 Å². The molecule has 0 aliphatic carbocycles. The molecule has 0 aromatic heterocycles. The topological polar surface area (TPSA) is 61.8 Å². The number of carbonyl (C=O) groups excluding carboxylic acids is 2. The van der Waals surface area contributed by atoms with E-state index in [9.17, 15) is 9.59 Å². The van der Waals surface area contributed by atoms with E-state index in [1.807, 2.05) is 6.92 Å². The van der Waals surface area contributed by atoms with Gasteiger partial charge in [0.1, 0.15) is 6.61 Å². The molecule has 5 heteroatoms. The van der Waals surface area contributed by atoms with Gasteiger partial charge in [0.25, 0.3) is 0 Å². The van der Waals surface area contributed by atoms with E-state index in [-0.39, 0.29) is 12.6 Å². The van der Waals surface area contributed by atoms with Crippen molar-refractivity contribution in [3.8, 4) is 11.5 Å². The molecular weight excluding hydrogens is 272 g/mol. The summed E-state index contributed by atoms with van der Waals surface area (Å²) < 4.78 is 15.2. The fraction of sp³-hybridized carbons (Fsp3) is 0.375. The van der Waals surface area contributed by atoms with E-state index in [0.717, 1.165) is 12.0 Å². The molecule has 1 aromatic carbocycles. The van der Waals surface area contributed by atoms with Crippen LogP contribution in [0.25, 0.3) is 6.08 Å². The Morgan fingerprint density at radius 2 is 2.00 bits per heavy atom. The predicted octanol–water partition coefficient (Wildman–Crippen LogP) is 2.98. The van der Waals surface area contributed by atoms with Gasteiger partial charge in [-0.15, -0.1) is 0 Å². The Labute approximate surface area is 124 Å². The Bertz CT molecular complexity index is 519. The van der Waals surface area contributed by atoms with E-state index >= 15 is 0 Å². The lowest BCUT2D eigenvalue weighted by Gasteiger charge is -2.08. The first-order chi connectivity index (χ1) is 10.1. The van der Waals surface area contributed by atoms with Crippen LogP contribution < -0.4 is 9.47 Å². The Hall–Kier alpha value is -2.30. The Morgan fingerprint density at radius 3 is 2.62 bits per heavy atom. The van der Waals surface area contributed by atoms with Gasteiger partial charge in [0.05, 0.1) is 7.11 Å². The molecule has 0 aliphatic heterocycles. The number of ether oxygens (including phenoxy) is 3. The minimum absolute atomic E-state index is 0.204. The number of hydrogen-bond donors (Lipinski definition) is 0. The molecule has 0 radical (unpaired) electrons. The maximum Gasteiger partial charge on any atom is 0.308 e. The van der Waals surface area contributed by atoms with Crippen LogP contribution in [-0.2, 0) is 14.3 Å². The van der Waals surface area contributed by atoms with Crippen molar-refractivity contribution in [3.05, 3.63) is 29.8 Å². The lowest BCUT2D eigenvalue weighted by molar-refractivity contribution is -0.142. The van der Waals surface area contributed by atoms with E-state index < -0.39 is 5.97 Å². The van der Waals surface area contributed by atoms with E-state index in [4.69, 9.17) is 14.2 Å². The second-order valence-corrected chi connectivity index (χ2v) is 4.34. The van der Waals surface area contributed by atoms with Crippen LogP contribution in [0.5, 0.6) is 11.5 Å². The van der Waals surface area contributed by atoms with Crippen LogP contribution in [-0.4, -0.2) is 25.7 Å². The molecule has 114 valence electrons. The first kappa shape index (κ1) is 16.8. The molecule has 0 amide bonds. The molecule has 0 aliphatic rings. The van der Waals surface area contributed by atoms with Crippen molar-refractivity contribution in [1.82, 2.24) is 0 Å². The summed E-state index contributed by atoms with van der Waals surface area (Å²) in [5, 5.41) is 0. The van der Waals surface area contributed by atoms with Crippen molar-refractivity contribution in [1.29, 1.82) is 0 Å². The van der Waals surface area contributed by atoms with E-state index in [1.165, 1.54) is 14.0 Å². The van der Waals surface area contributed by atoms with Gasteiger partial charge >= 0.3 is 11.9 Å². The average Bonchev–Trinajstić information content (AvgIpc) is 2.44. The second kappa shape index (κ2) is 8.79. The molecule has 0 saturated heterocycles. The standard InChI is InChI=1S/C16H20O5/c1-4-6-16(18)20-10-5-7-13-8-9-14(21-12(2)17)15(11-13)19-3/h5,7-9,11H,4,6,10H2,1-3H3/b7-5+. The van der Waals surface area contributed by atoms with Crippen molar-refractivity contribution < 1.29 is 23.8 Å². The second-order valence-electron chi connectivity index (χ2n) is 4.34. The van der Waals surface area contributed by atoms with E-state index in [1.54, 1.807) is 30.4 Å². The van der Waals surface area contributed by atoms with Crippen LogP contribution in [0.1, 0.15) is 32.3 Å². The molecule has 1 aromatic rings. The molecule has 0 heterocycles. The van der Waals surface area contributed by atoms with Gasteiger partial charge in [-0.2, -0.15) is 0 Å². The molecule has 0 spiro atoms. The molecule has 0 fully saturated rings. The van der Waals surface area contributed by atoms with Gasteiger partial charge in [-0.25, -0.2) is 0 Å². The van der Waals surface area contributed by atoms with Crippen LogP contribution in [0.15, 0.2) is 24.3 Å².